The number of benzene rings is 1. The summed E-state index contributed by atoms with van der Waals surface area (Å²) in [5, 5.41) is 11.5. The maximum Gasteiger partial charge on any atom is 0.237 e. The van der Waals surface area contributed by atoms with Gasteiger partial charge in [0.25, 0.3) is 0 Å². The van der Waals surface area contributed by atoms with Crippen molar-refractivity contribution in [2.75, 3.05) is 24.8 Å². The number of carbonyl (C=O) groups excluding carboxylic acids is 1. The molecule has 0 bridgehead atoms. The van der Waals surface area contributed by atoms with E-state index in [9.17, 15) is 4.79 Å². The van der Waals surface area contributed by atoms with E-state index in [4.69, 9.17) is 15.6 Å². The third-order valence-corrected chi connectivity index (χ3v) is 3.78. The van der Waals surface area contributed by atoms with E-state index >= 15 is 0 Å². The average Bonchev–Trinajstić information content (AvgIpc) is 2.38. The number of hydrogen-bond acceptors (Lipinski definition) is 5. The van der Waals surface area contributed by atoms with Gasteiger partial charge in [-0.3, -0.25) is 4.79 Å². The minimum absolute atomic E-state index is 0.0171. The third kappa shape index (κ3) is 4.65. The molecule has 19 heavy (non-hydrogen) atoms. The number of nitrogens with one attached hydrogen (secondary N) is 1. The van der Waals surface area contributed by atoms with Crippen LogP contribution in [-0.2, 0) is 4.79 Å². The van der Waals surface area contributed by atoms with Crippen molar-refractivity contribution in [1.82, 2.24) is 0 Å². The molecule has 0 fully saturated rings. The Morgan fingerprint density at radius 1 is 1.53 bits per heavy atom. The summed E-state index contributed by atoms with van der Waals surface area (Å²) in [5.41, 5.74) is 6.80. The Labute approximate surface area is 117 Å². The number of aliphatic hydroxyl groups is 1. The number of anilines is 2. The number of aliphatic hydroxyl groups excluding tert-OH is 1. The van der Waals surface area contributed by atoms with Gasteiger partial charge in [0.1, 0.15) is 5.75 Å². The number of carbonyl (C=O) groups is 1. The average molecular weight is 284 g/mol. The van der Waals surface area contributed by atoms with Crippen LogP contribution in [0.4, 0.5) is 11.4 Å². The summed E-state index contributed by atoms with van der Waals surface area (Å²) in [4.78, 5) is 12.0. The predicted octanol–water partition coefficient (Wildman–Crippen LogP) is 1.72. The molecule has 0 radical (unpaired) electrons. The minimum Gasteiger partial charge on any atom is -0.495 e. The SMILES string of the molecule is COc1ccc(N)cc1NC(=O)C(C)SC(C)CO. The Morgan fingerprint density at radius 3 is 2.79 bits per heavy atom. The monoisotopic (exact) mass is 284 g/mol. The summed E-state index contributed by atoms with van der Waals surface area (Å²) in [6, 6.07) is 5.07. The van der Waals surface area contributed by atoms with Crippen molar-refractivity contribution >= 4 is 29.0 Å². The van der Waals surface area contributed by atoms with Gasteiger partial charge >= 0.3 is 0 Å². The highest BCUT2D eigenvalue weighted by atomic mass is 32.2. The molecule has 1 aromatic carbocycles. The van der Waals surface area contributed by atoms with Crippen LogP contribution in [0.1, 0.15) is 13.8 Å². The zero-order chi connectivity index (χ0) is 14.4. The van der Waals surface area contributed by atoms with Crippen LogP contribution in [0.3, 0.4) is 0 Å². The quantitative estimate of drug-likeness (QED) is 0.693. The summed E-state index contributed by atoms with van der Waals surface area (Å²) in [6.45, 7) is 3.71. The molecule has 2 atom stereocenters. The van der Waals surface area contributed by atoms with Gasteiger partial charge < -0.3 is 20.9 Å². The van der Waals surface area contributed by atoms with Gasteiger partial charge in [0, 0.05) is 10.9 Å². The van der Waals surface area contributed by atoms with E-state index in [1.54, 1.807) is 25.1 Å². The van der Waals surface area contributed by atoms with Crippen molar-refractivity contribution in [3.8, 4) is 5.75 Å². The van der Waals surface area contributed by atoms with Crippen LogP contribution in [-0.4, -0.2) is 35.2 Å². The van der Waals surface area contributed by atoms with Crippen molar-refractivity contribution in [2.45, 2.75) is 24.3 Å². The van der Waals surface area contributed by atoms with Gasteiger partial charge in [0.05, 0.1) is 24.7 Å². The first-order chi connectivity index (χ1) is 8.97. The molecule has 6 heteroatoms. The number of methoxy groups -OCH3 is 1. The van der Waals surface area contributed by atoms with E-state index in [0.29, 0.717) is 17.1 Å². The lowest BCUT2D eigenvalue weighted by molar-refractivity contribution is -0.115. The molecule has 106 valence electrons. The number of ether oxygens (including phenoxy) is 1. The van der Waals surface area contributed by atoms with Crippen molar-refractivity contribution < 1.29 is 14.6 Å². The lowest BCUT2D eigenvalue weighted by Crippen LogP contribution is -2.25. The largest absolute Gasteiger partial charge is 0.495 e. The fourth-order valence-electron chi connectivity index (χ4n) is 1.51. The highest BCUT2D eigenvalue weighted by molar-refractivity contribution is 8.01. The minimum atomic E-state index is -0.270. The van der Waals surface area contributed by atoms with Crippen LogP contribution in [0, 0.1) is 0 Å². The number of amides is 1. The molecule has 0 spiro atoms. The molecule has 0 saturated carbocycles. The van der Waals surface area contributed by atoms with Crippen LogP contribution in [0.5, 0.6) is 5.75 Å². The Hall–Kier alpha value is -1.40. The zero-order valence-electron chi connectivity index (χ0n) is 11.3. The van der Waals surface area contributed by atoms with Gasteiger partial charge in [0.15, 0.2) is 0 Å². The van der Waals surface area contributed by atoms with E-state index in [2.05, 4.69) is 5.32 Å². The fraction of sp³-hybridized carbons (Fsp3) is 0.462. The van der Waals surface area contributed by atoms with Crippen molar-refractivity contribution in [1.29, 1.82) is 0 Å². The second-order valence-electron chi connectivity index (χ2n) is 4.22. The van der Waals surface area contributed by atoms with E-state index in [0.717, 1.165) is 0 Å². The molecule has 0 aliphatic rings. The molecule has 0 aliphatic heterocycles. The Bertz CT molecular complexity index is 440. The Kier molecular flexibility index (Phi) is 5.98. The smallest absolute Gasteiger partial charge is 0.237 e. The van der Waals surface area contributed by atoms with Crippen LogP contribution in [0.25, 0.3) is 0 Å². The first-order valence-corrected chi connectivity index (χ1v) is 6.93. The Morgan fingerprint density at radius 2 is 2.21 bits per heavy atom. The Balaban J connectivity index is 2.73. The van der Waals surface area contributed by atoms with Gasteiger partial charge in [-0.05, 0) is 25.1 Å². The summed E-state index contributed by atoms with van der Waals surface area (Å²) in [5.74, 6) is 0.421. The normalized spacial score (nSPS) is 13.7. The first kappa shape index (κ1) is 15.7. The van der Waals surface area contributed by atoms with Gasteiger partial charge in [-0.15, -0.1) is 11.8 Å². The fourth-order valence-corrected chi connectivity index (χ4v) is 2.48. The number of rotatable bonds is 6. The molecule has 1 amide bonds. The highest BCUT2D eigenvalue weighted by Crippen LogP contribution is 2.27. The molecule has 2 unspecified atom stereocenters. The van der Waals surface area contributed by atoms with Crippen molar-refractivity contribution in [3.63, 3.8) is 0 Å². The number of hydrogen-bond donors (Lipinski definition) is 3. The lowest BCUT2D eigenvalue weighted by atomic mass is 10.2. The summed E-state index contributed by atoms with van der Waals surface area (Å²) in [6.07, 6.45) is 0. The standard InChI is InChI=1S/C13H20N2O3S/c1-8(7-16)19-9(2)13(17)15-11-6-10(14)4-5-12(11)18-3/h4-6,8-9,16H,7,14H2,1-3H3,(H,15,17). The van der Waals surface area contributed by atoms with Gasteiger partial charge in [-0.2, -0.15) is 0 Å². The van der Waals surface area contributed by atoms with Crippen molar-refractivity contribution in [3.05, 3.63) is 18.2 Å². The second kappa shape index (κ2) is 7.25. The maximum atomic E-state index is 12.0. The summed E-state index contributed by atoms with van der Waals surface area (Å²) in [7, 11) is 1.53. The molecule has 0 heterocycles. The summed E-state index contributed by atoms with van der Waals surface area (Å²) >= 11 is 1.41. The zero-order valence-corrected chi connectivity index (χ0v) is 12.2. The topological polar surface area (TPSA) is 84.6 Å². The van der Waals surface area contributed by atoms with Gasteiger partial charge in [0.2, 0.25) is 5.91 Å². The van der Waals surface area contributed by atoms with Crippen LogP contribution in [0.15, 0.2) is 18.2 Å². The number of nitrogens with two attached hydrogens (primary N) is 1. The van der Waals surface area contributed by atoms with E-state index < -0.39 is 0 Å². The molecular weight excluding hydrogens is 264 g/mol. The summed E-state index contributed by atoms with van der Waals surface area (Å²) < 4.78 is 5.17. The van der Waals surface area contributed by atoms with Crippen LogP contribution in [0.2, 0.25) is 0 Å². The van der Waals surface area contributed by atoms with Gasteiger partial charge in [-0.1, -0.05) is 6.92 Å². The van der Waals surface area contributed by atoms with E-state index in [1.165, 1.54) is 18.9 Å². The molecule has 0 aliphatic carbocycles. The molecule has 1 aromatic rings. The second-order valence-corrected chi connectivity index (χ2v) is 6.00. The van der Waals surface area contributed by atoms with Crippen LogP contribution >= 0.6 is 11.8 Å². The van der Waals surface area contributed by atoms with Crippen molar-refractivity contribution in [2.24, 2.45) is 0 Å². The maximum absolute atomic E-state index is 12.0. The van der Waals surface area contributed by atoms with E-state index in [1.807, 2.05) is 6.92 Å². The first-order valence-electron chi connectivity index (χ1n) is 5.98. The van der Waals surface area contributed by atoms with Crippen LogP contribution < -0.4 is 15.8 Å². The molecule has 1 rings (SSSR count). The lowest BCUT2D eigenvalue weighted by Gasteiger charge is -2.16. The number of nitrogen functional groups attached to an aromatic ring is 1. The predicted molar refractivity (Wildman–Crippen MR) is 79.6 cm³/mol. The molecule has 0 saturated heterocycles. The molecule has 4 N–H and O–H groups in total. The van der Waals surface area contributed by atoms with Gasteiger partial charge in [-0.25, -0.2) is 0 Å². The third-order valence-electron chi connectivity index (χ3n) is 2.54. The molecule has 0 aromatic heterocycles. The highest BCUT2D eigenvalue weighted by Gasteiger charge is 2.18. The van der Waals surface area contributed by atoms with E-state index in [-0.39, 0.29) is 23.0 Å². The number of thioether (sulfide) groups is 1. The molecular formula is C13H20N2O3S. The molecule has 5 nitrogen and oxygen atoms in total.